The van der Waals surface area contributed by atoms with Gasteiger partial charge in [0.05, 0.1) is 24.8 Å². The Morgan fingerprint density at radius 1 is 1.24 bits per heavy atom. The van der Waals surface area contributed by atoms with E-state index < -0.39 is 23.7 Å². The number of hydrogen-bond acceptors (Lipinski definition) is 7. The Kier molecular flexibility index (Phi) is 6.63. The van der Waals surface area contributed by atoms with E-state index in [1.165, 1.54) is 16.3 Å². The molecule has 3 aromatic rings. The first-order chi connectivity index (χ1) is 16.3. The number of amides is 2. The van der Waals surface area contributed by atoms with Crippen LogP contribution < -0.4 is 15.5 Å². The predicted molar refractivity (Wildman–Crippen MR) is 131 cm³/mol. The van der Waals surface area contributed by atoms with Gasteiger partial charge >= 0.3 is 0 Å². The van der Waals surface area contributed by atoms with Crippen molar-refractivity contribution in [3.05, 3.63) is 64.5 Å². The fourth-order valence-electron chi connectivity index (χ4n) is 3.97. The minimum atomic E-state index is -1.23. The highest BCUT2D eigenvalue weighted by Gasteiger charge is 2.46. The number of nitrogens with two attached hydrogens (primary N) is 1. The minimum absolute atomic E-state index is 0.380. The molecule has 0 bridgehead atoms. The summed E-state index contributed by atoms with van der Waals surface area (Å²) in [6.45, 7) is 1.69. The number of methoxy groups -OCH3 is 1. The lowest BCUT2D eigenvalue weighted by molar-refractivity contribution is -0.123. The second-order valence-corrected chi connectivity index (χ2v) is 8.97. The number of benzene rings is 2. The predicted octanol–water partition coefficient (Wildman–Crippen LogP) is 4.22. The van der Waals surface area contributed by atoms with E-state index in [1.807, 2.05) is 35.7 Å². The molecule has 10 heteroatoms. The Labute approximate surface area is 205 Å². The fourth-order valence-corrected chi connectivity index (χ4v) is 4.88. The number of ether oxygens (including phenoxy) is 1. The molecule has 0 fully saturated rings. The maximum absolute atomic E-state index is 13.5. The zero-order chi connectivity index (χ0) is 24.4. The van der Waals surface area contributed by atoms with Gasteiger partial charge in [-0.3, -0.25) is 9.59 Å². The fraction of sp³-hybridized carbons (Fsp3) is 0.208. The number of halogens is 1. The minimum Gasteiger partial charge on any atom is -0.497 e. The molecule has 2 heterocycles. The summed E-state index contributed by atoms with van der Waals surface area (Å²) in [5.41, 5.74) is 8.15. The third kappa shape index (κ3) is 4.38. The van der Waals surface area contributed by atoms with Gasteiger partial charge < -0.3 is 10.5 Å². The van der Waals surface area contributed by atoms with Gasteiger partial charge in [-0.25, -0.2) is 4.98 Å². The quantitative estimate of drug-likeness (QED) is 0.528. The van der Waals surface area contributed by atoms with E-state index in [9.17, 15) is 14.9 Å². The molecule has 0 saturated heterocycles. The standard InChI is InChI=1S/C24H20ClN5O3S/c1-13-20(21(18(11-26)22(27)31)15-3-7-16(25)8-4-15)23(32)30(29-13)24-28-19(12-34-24)14-5-9-17(33-2)10-6-14/h3-10,12,18,20-21H,1-2H3,(H2,27,31)/t18-,20-,21-/m1/s1. The van der Waals surface area contributed by atoms with Crippen LogP contribution >= 0.6 is 22.9 Å². The van der Waals surface area contributed by atoms with E-state index in [-0.39, 0.29) is 5.91 Å². The Hall–Kier alpha value is -3.74. The second kappa shape index (κ2) is 9.63. The van der Waals surface area contributed by atoms with Crippen LogP contribution in [0, 0.1) is 23.2 Å². The number of carbonyl (C=O) groups is 2. The summed E-state index contributed by atoms with van der Waals surface area (Å²) < 4.78 is 5.19. The van der Waals surface area contributed by atoms with Crippen molar-refractivity contribution in [1.29, 1.82) is 5.26 Å². The van der Waals surface area contributed by atoms with E-state index in [0.29, 0.717) is 27.1 Å². The van der Waals surface area contributed by atoms with Crippen LogP contribution in [0.2, 0.25) is 5.02 Å². The highest BCUT2D eigenvalue weighted by Crippen LogP contribution is 2.40. The van der Waals surface area contributed by atoms with E-state index >= 15 is 0 Å². The van der Waals surface area contributed by atoms with Gasteiger partial charge in [-0.05, 0) is 48.9 Å². The lowest BCUT2D eigenvalue weighted by atomic mass is 9.75. The van der Waals surface area contributed by atoms with Crippen LogP contribution in [0.1, 0.15) is 18.4 Å². The highest BCUT2D eigenvalue weighted by atomic mass is 35.5. The monoisotopic (exact) mass is 493 g/mol. The van der Waals surface area contributed by atoms with Crippen LogP contribution in [0.5, 0.6) is 5.75 Å². The second-order valence-electron chi connectivity index (χ2n) is 7.70. The first kappa shape index (κ1) is 23.4. The molecule has 2 aromatic carbocycles. The first-order valence-electron chi connectivity index (χ1n) is 10.3. The molecule has 1 aliphatic heterocycles. The van der Waals surface area contributed by atoms with Gasteiger partial charge in [0.1, 0.15) is 11.7 Å². The van der Waals surface area contributed by atoms with Gasteiger partial charge in [0.25, 0.3) is 5.91 Å². The summed E-state index contributed by atoms with van der Waals surface area (Å²) >= 11 is 7.28. The van der Waals surface area contributed by atoms with Gasteiger partial charge in [-0.2, -0.15) is 15.4 Å². The van der Waals surface area contributed by atoms with Gasteiger partial charge in [0, 0.05) is 27.6 Å². The van der Waals surface area contributed by atoms with Gasteiger partial charge in [0.2, 0.25) is 11.0 Å². The molecule has 0 spiro atoms. The molecule has 0 aliphatic carbocycles. The molecule has 1 aromatic heterocycles. The number of hydrogen-bond donors (Lipinski definition) is 1. The maximum Gasteiger partial charge on any atom is 0.259 e. The van der Waals surface area contributed by atoms with E-state index in [2.05, 4.69) is 10.1 Å². The van der Waals surface area contributed by atoms with E-state index in [1.54, 1.807) is 38.3 Å². The Morgan fingerprint density at radius 2 is 1.91 bits per heavy atom. The summed E-state index contributed by atoms with van der Waals surface area (Å²) in [5.74, 6) is -3.36. The number of thiazole rings is 1. The summed E-state index contributed by atoms with van der Waals surface area (Å²) in [6, 6.07) is 16.0. The average Bonchev–Trinajstić information content (AvgIpc) is 3.43. The van der Waals surface area contributed by atoms with Crippen LogP contribution in [0.3, 0.4) is 0 Å². The van der Waals surface area contributed by atoms with Gasteiger partial charge in [-0.1, -0.05) is 23.7 Å². The molecule has 172 valence electrons. The summed E-state index contributed by atoms with van der Waals surface area (Å²) in [5, 5.41) is 18.1. The molecule has 2 N–H and O–H groups in total. The van der Waals surface area contributed by atoms with Crippen molar-refractivity contribution >= 4 is 45.6 Å². The topological polar surface area (TPSA) is 122 Å². The Balaban J connectivity index is 1.67. The van der Waals surface area contributed by atoms with Crippen molar-refractivity contribution < 1.29 is 14.3 Å². The largest absolute Gasteiger partial charge is 0.497 e. The lowest BCUT2D eigenvalue weighted by Gasteiger charge is -2.25. The molecule has 2 amide bonds. The van der Waals surface area contributed by atoms with Crippen LogP contribution in [-0.2, 0) is 9.59 Å². The maximum atomic E-state index is 13.5. The van der Waals surface area contributed by atoms with Crippen molar-refractivity contribution in [1.82, 2.24) is 4.98 Å². The normalized spacial score (nSPS) is 17.1. The summed E-state index contributed by atoms with van der Waals surface area (Å²) in [4.78, 5) is 30.3. The van der Waals surface area contributed by atoms with Crippen molar-refractivity contribution in [2.24, 2.45) is 22.7 Å². The molecular weight excluding hydrogens is 474 g/mol. The summed E-state index contributed by atoms with van der Waals surface area (Å²) in [7, 11) is 1.60. The van der Waals surface area contributed by atoms with Crippen LogP contribution in [0.25, 0.3) is 11.3 Å². The number of nitrogens with zero attached hydrogens (tertiary/aromatic N) is 4. The molecule has 8 nitrogen and oxygen atoms in total. The third-order valence-electron chi connectivity index (χ3n) is 5.66. The Morgan fingerprint density at radius 3 is 2.50 bits per heavy atom. The van der Waals surface area contributed by atoms with Crippen molar-refractivity contribution in [2.75, 3.05) is 12.1 Å². The Bertz CT molecular complexity index is 1300. The van der Waals surface area contributed by atoms with E-state index in [0.717, 1.165) is 11.3 Å². The molecule has 3 atom stereocenters. The third-order valence-corrected chi connectivity index (χ3v) is 6.73. The molecule has 0 saturated carbocycles. The number of anilines is 1. The zero-order valence-electron chi connectivity index (χ0n) is 18.3. The number of aromatic nitrogens is 1. The van der Waals surface area contributed by atoms with Crippen LogP contribution in [0.4, 0.5) is 5.13 Å². The molecule has 4 rings (SSSR count). The molecular formula is C24H20ClN5O3S. The summed E-state index contributed by atoms with van der Waals surface area (Å²) in [6.07, 6.45) is 0. The van der Waals surface area contributed by atoms with Gasteiger partial charge in [-0.15, -0.1) is 11.3 Å². The van der Waals surface area contributed by atoms with Crippen molar-refractivity contribution in [3.63, 3.8) is 0 Å². The lowest BCUT2D eigenvalue weighted by Crippen LogP contribution is -2.38. The smallest absolute Gasteiger partial charge is 0.259 e. The van der Waals surface area contributed by atoms with Crippen LogP contribution in [-0.4, -0.2) is 29.6 Å². The number of rotatable bonds is 7. The van der Waals surface area contributed by atoms with Gasteiger partial charge in [0.15, 0.2) is 0 Å². The number of carbonyl (C=O) groups excluding carboxylic acids is 2. The number of nitriles is 1. The van der Waals surface area contributed by atoms with E-state index in [4.69, 9.17) is 22.1 Å². The molecule has 0 unspecified atom stereocenters. The first-order valence-corrected chi connectivity index (χ1v) is 11.5. The van der Waals surface area contributed by atoms with Crippen LogP contribution in [0.15, 0.2) is 59.0 Å². The zero-order valence-corrected chi connectivity index (χ0v) is 19.9. The van der Waals surface area contributed by atoms with Crippen molar-refractivity contribution in [3.8, 4) is 23.1 Å². The number of primary amides is 1. The number of hydrazone groups is 1. The molecule has 34 heavy (non-hydrogen) atoms. The molecule has 1 aliphatic rings. The average molecular weight is 494 g/mol. The molecule has 0 radical (unpaired) electrons. The SMILES string of the molecule is COc1ccc(-c2csc(N3N=C(C)[C@H]([C@H](c4ccc(Cl)cc4)[C@@H](C#N)C(N)=O)C3=O)n2)cc1. The highest BCUT2D eigenvalue weighted by molar-refractivity contribution is 7.14. The van der Waals surface area contributed by atoms with Crippen molar-refractivity contribution in [2.45, 2.75) is 12.8 Å².